The van der Waals surface area contributed by atoms with Gasteiger partial charge in [0.15, 0.2) is 0 Å². The Hall–Kier alpha value is -5.05. The number of hydrogen-bond acceptors (Lipinski definition) is 9. The second-order valence-electron chi connectivity index (χ2n) is 7.70. The molecule has 0 fully saturated rings. The summed E-state index contributed by atoms with van der Waals surface area (Å²) in [6, 6.07) is 17.2. The van der Waals surface area contributed by atoms with E-state index in [0.29, 0.717) is 11.5 Å². The minimum Gasteiger partial charge on any atom is -0.490 e. The van der Waals surface area contributed by atoms with E-state index in [4.69, 9.17) is 35.1 Å². The van der Waals surface area contributed by atoms with Gasteiger partial charge in [-0.25, -0.2) is 19.3 Å². The van der Waals surface area contributed by atoms with Crippen LogP contribution in [0.3, 0.4) is 0 Å². The highest BCUT2D eigenvalue weighted by atomic mass is 17.2. The van der Waals surface area contributed by atoms with Crippen LogP contribution in [0.25, 0.3) is 0 Å². The maximum absolute atomic E-state index is 12.4. The fraction of sp³-hybridized carbons (Fsp3) is 0.179. The van der Waals surface area contributed by atoms with Gasteiger partial charge < -0.3 is 29.2 Å². The van der Waals surface area contributed by atoms with Crippen molar-refractivity contribution in [2.24, 2.45) is 0 Å². The zero-order chi connectivity index (χ0) is 28.2. The Labute approximate surface area is 223 Å². The van der Waals surface area contributed by atoms with E-state index in [0.717, 1.165) is 6.07 Å². The molecule has 0 heterocycles. The first kappa shape index (κ1) is 28.5. The molecule has 1 atom stereocenters. The Morgan fingerprint density at radius 2 is 1.46 bits per heavy atom. The van der Waals surface area contributed by atoms with E-state index < -0.39 is 24.2 Å². The molecule has 3 rings (SSSR count). The lowest BCUT2D eigenvalue weighted by molar-refractivity contribution is -0.369. The Kier molecular flexibility index (Phi) is 10.3. The van der Waals surface area contributed by atoms with Crippen LogP contribution in [-0.2, 0) is 21.1 Å². The number of carboxylic acid groups (broad SMARTS) is 2. The number of carbonyl (C=O) groups excluding carboxylic acids is 1. The van der Waals surface area contributed by atoms with Gasteiger partial charge in [-0.15, -0.1) is 0 Å². The Morgan fingerprint density at radius 1 is 0.821 bits per heavy atom. The van der Waals surface area contributed by atoms with Gasteiger partial charge in [-0.2, -0.15) is 4.89 Å². The molecule has 0 aliphatic heterocycles. The Morgan fingerprint density at radius 3 is 2.13 bits per heavy atom. The lowest BCUT2D eigenvalue weighted by atomic mass is 10.1. The zero-order valence-corrected chi connectivity index (χ0v) is 20.7. The molecule has 39 heavy (non-hydrogen) atoms. The van der Waals surface area contributed by atoms with Crippen molar-refractivity contribution in [1.29, 1.82) is 0 Å². The monoisotopic (exact) mass is 536 g/mol. The van der Waals surface area contributed by atoms with Gasteiger partial charge in [0.05, 0.1) is 16.7 Å². The Balaban J connectivity index is 1.52. The summed E-state index contributed by atoms with van der Waals surface area (Å²) in [6.07, 6.45) is 5.67. The van der Waals surface area contributed by atoms with Crippen molar-refractivity contribution in [1.82, 2.24) is 0 Å². The fourth-order valence-electron chi connectivity index (χ4n) is 3.24. The summed E-state index contributed by atoms with van der Waals surface area (Å²) >= 11 is 0. The highest BCUT2D eigenvalue weighted by Gasteiger charge is 2.22. The van der Waals surface area contributed by atoms with Gasteiger partial charge in [-0.1, -0.05) is 30.7 Å². The summed E-state index contributed by atoms with van der Waals surface area (Å²) in [5, 5.41) is 18.9. The van der Waals surface area contributed by atoms with E-state index in [1.807, 2.05) is 36.4 Å². The number of carbonyl (C=O) groups is 3. The maximum atomic E-state index is 12.4. The van der Waals surface area contributed by atoms with Crippen LogP contribution in [-0.4, -0.2) is 47.6 Å². The largest absolute Gasteiger partial charge is 0.490 e. The second kappa shape index (κ2) is 14.0. The van der Waals surface area contributed by atoms with E-state index in [-0.39, 0.29) is 47.8 Å². The number of terminal acetylenes is 1. The van der Waals surface area contributed by atoms with Gasteiger partial charge in [0.25, 0.3) is 0 Å². The van der Waals surface area contributed by atoms with Gasteiger partial charge in [0.2, 0.25) is 6.29 Å². The molecule has 11 heteroatoms. The summed E-state index contributed by atoms with van der Waals surface area (Å²) in [6.45, 7) is 1.50. The van der Waals surface area contributed by atoms with Gasteiger partial charge in [0.1, 0.15) is 43.2 Å². The average molecular weight is 536 g/mol. The number of hydrogen-bond donors (Lipinski definition) is 2. The number of ether oxygens (including phenoxy) is 4. The summed E-state index contributed by atoms with van der Waals surface area (Å²) in [5.74, 6) is -2.53. The minimum absolute atomic E-state index is 0.0604. The standard InChI is InChI=1S/C28H24O11/c1-3-34-21-11-12-23(25(16-21)27(31)32)28(33)38-18(2)39-37-17-19-9-10-22(15-24(19)26(29)30)36-14-13-35-20-7-5-4-6-8-20/h1,4-12,15-16,18H,13-14,17H2,2H3,(H,29,30)(H,31,32). The number of rotatable bonds is 14. The van der Waals surface area contributed by atoms with E-state index in [1.165, 1.54) is 31.2 Å². The highest BCUT2D eigenvalue weighted by Crippen LogP contribution is 2.21. The van der Waals surface area contributed by atoms with E-state index in [9.17, 15) is 24.6 Å². The molecule has 0 amide bonds. The summed E-state index contributed by atoms with van der Waals surface area (Å²) in [5.41, 5.74) is -0.461. The fourth-order valence-corrected chi connectivity index (χ4v) is 3.24. The Bertz CT molecular complexity index is 1350. The molecule has 0 saturated heterocycles. The van der Waals surface area contributed by atoms with Crippen molar-refractivity contribution in [3.63, 3.8) is 0 Å². The number of carboxylic acids is 2. The molecule has 0 bridgehead atoms. The lowest BCUT2D eigenvalue weighted by Crippen LogP contribution is -2.20. The normalized spacial score (nSPS) is 11.1. The van der Waals surface area contributed by atoms with Crippen LogP contribution in [0.2, 0.25) is 0 Å². The molecule has 2 N–H and O–H groups in total. The third-order valence-corrected chi connectivity index (χ3v) is 4.98. The first-order valence-electron chi connectivity index (χ1n) is 11.4. The molecule has 11 nitrogen and oxygen atoms in total. The molecular weight excluding hydrogens is 512 g/mol. The summed E-state index contributed by atoms with van der Waals surface area (Å²) < 4.78 is 21.0. The number of para-hydroxylation sites is 1. The second-order valence-corrected chi connectivity index (χ2v) is 7.70. The topological polar surface area (TPSA) is 147 Å². The molecule has 3 aromatic carbocycles. The third-order valence-electron chi connectivity index (χ3n) is 4.98. The van der Waals surface area contributed by atoms with Crippen LogP contribution in [0.5, 0.6) is 17.2 Å². The maximum Gasteiger partial charge on any atom is 0.341 e. The first-order chi connectivity index (χ1) is 18.8. The van der Waals surface area contributed by atoms with Gasteiger partial charge in [-0.3, -0.25) is 0 Å². The predicted molar refractivity (Wildman–Crippen MR) is 134 cm³/mol. The molecule has 0 spiro atoms. The van der Waals surface area contributed by atoms with Crippen LogP contribution in [0.1, 0.15) is 43.6 Å². The van der Waals surface area contributed by atoms with Crippen molar-refractivity contribution in [2.45, 2.75) is 19.8 Å². The molecule has 0 saturated carbocycles. The molecule has 0 aliphatic rings. The predicted octanol–water partition coefficient (Wildman–Crippen LogP) is 4.16. The van der Waals surface area contributed by atoms with Gasteiger partial charge in [0, 0.05) is 6.92 Å². The van der Waals surface area contributed by atoms with Crippen LogP contribution in [0.4, 0.5) is 0 Å². The first-order valence-corrected chi connectivity index (χ1v) is 11.4. The molecule has 1 unspecified atom stereocenters. The molecule has 202 valence electrons. The van der Waals surface area contributed by atoms with E-state index >= 15 is 0 Å². The number of aromatic carboxylic acids is 2. The number of benzene rings is 3. The van der Waals surface area contributed by atoms with Crippen molar-refractivity contribution < 1.29 is 53.3 Å². The van der Waals surface area contributed by atoms with Crippen LogP contribution in [0, 0.1) is 12.5 Å². The smallest absolute Gasteiger partial charge is 0.341 e. The van der Waals surface area contributed by atoms with Crippen LogP contribution < -0.4 is 14.2 Å². The average Bonchev–Trinajstić information content (AvgIpc) is 2.92. The minimum atomic E-state index is -1.40. The lowest BCUT2D eigenvalue weighted by Gasteiger charge is -2.15. The van der Waals surface area contributed by atoms with Crippen molar-refractivity contribution in [3.05, 3.63) is 89.0 Å². The van der Waals surface area contributed by atoms with Crippen molar-refractivity contribution in [3.8, 4) is 29.8 Å². The van der Waals surface area contributed by atoms with Crippen molar-refractivity contribution in [2.75, 3.05) is 13.2 Å². The zero-order valence-electron chi connectivity index (χ0n) is 20.7. The summed E-state index contributed by atoms with van der Waals surface area (Å²) in [7, 11) is 0. The van der Waals surface area contributed by atoms with Gasteiger partial charge in [-0.05, 0) is 48.0 Å². The SMILES string of the molecule is C#COc1ccc(C(=O)OC(C)OOCc2ccc(OCCOc3ccccc3)cc2C(=O)O)c(C(=O)O)c1. The van der Waals surface area contributed by atoms with Crippen LogP contribution >= 0.6 is 0 Å². The van der Waals surface area contributed by atoms with E-state index in [2.05, 4.69) is 0 Å². The summed E-state index contributed by atoms with van der Waals surface area (Å²) in [4.78, 5) is 45.8. The molecule has 0 aromatic heterocycles. The molecule has 3 aromatic rings. The highest BCUT2D eigenvalue weighted by molar-refractivity contribution is 6.02. The van der Waals surface area contributed by atoms with E-state index in [1.54, 1.807) is 6.07 Å². The molecule has 0 aliphatic carbocycles. The number of esters is 1. The van der Waals surface area contributed by atoms with Crippen molar-refractivity contribution >= 4 is 17.9 Å². The quantitative estimate of drug-likeness (QED) is 0.0764. The third kappa shape index (κ3) is 8.50. The van der Waals surface area contributed by atoms with Gasteiger partial charge >= 0.3 is 17.9 Å². The van der Waals surface area contributed by atoms with Crippen LogP contribution in [0.15, 0.2) is 66.7 Å². The molecular formula is C28H24O11. The molecule has 0 radical (unpaired) electrons.